The van der Waals surface area contributed by atoms with Crippen LogP contribution in [0.25, 0.3) is 0 Å². The molecule has 0 bridgehead atoms. The minimum atomic E-state index is 0.634. The fourth-order valence-electron chi connectivity index (χ4n) is 1.38. The Hall–Kier alpha value is -1.74. The number of nitrogen functional groups attached to an aromatic ring is 1. The third kappa shape index (κ3) is 2.87. The van der Waals surface area contributed by atoms with Crippen molar-refractivity contribution >= 4 is 23.1 Å². The molecule has 0 saturated heterocycles. The molecular formula is C12H12ClN3. The van der Waals surface area contributed by atoms with Gasteiger partial charge in [0.05, 0.1) is 5.02 Å². The normalized spacial score (nSPS) is 10.1. The Balaban J connectivity index is 1.99. The van der Waals surface area contributed by atoms with E-state index < -0.39 is 0 Å². The van der Waals surface area contributed by atoms with E-state index in [2.05, 4.69) is 10.3 Å². The van der Waals surface area contributed by atoms with Crippen LogP contribution >= 0.6 is 11.6 Å². The van der Waals surface area contributed by atoms with Gasteiger partial charge in [-0.25, -0.2) is 4.98 Å². The highest BCUT2D eigenvalue weighted by molar-refractivity contribution is 6.30. The number of anilines is 2. The molecule has 0 aliphatic rings. The molecule has 0 saturated carbocycles. The topological polar surface area (TPSA) is 50.9 Å². The highest BCUT2D eigenvalue weighted by atomic mass is 35.5. The zero-order valence-corrected chi connectivity index (χ0v) is 9.41. The van der Waals surface area contributed by atoms with Gasteiger partial charge < -0.3 is 11.1 Å². The minimum Gasteiger partial charge on any atom is -0.399 e. The average Bonchev–Trinajstić information content (AvgIpc) is 2.28. The maximum Gasteiger partial charge on any atom is 0.126 e. The summed E-state index contributed by atoms with van der Waals surface area (Å²) >= 11 is 5.74. The van der Waals surface area contributed by atoms with Crippen LogP contribution in [0, 0.1) is 0 Å². The van der Waals surface area contributed by atoms with Crippen LogP contribution in [0.3, 0.4) is 0 Å². The molecule has 4 heteroatoms. The summed E-state index contributed by atoms with van der Waals surface area (Å²) < 4.78 is 0. The highest BCUT2D eigenvalue weighted by Crippen LogP contribution is 2.12. The van der Waals surface area contributed by atoms with Crippen molar-refractivity contribution in [2.75, 3.05) is 11.1 Å². The smallest absolute Gasteiger partial charge is 0.126 e. The Kier molecular flexibility index (Phi) is 3.27. The maximum atomic E-state index is 5.74. The lowest BCUT2D eigenvalue weighted by atomic mass is 10.2. The van der Waals surface area contributed by atoms with Crippen molar-refractivity contribution in [3.8, 4) is 0 Å². The Morgan fingerprint density at radius 3 is 2.81 bits per heavy atom. The van der Waals surface area contributed by atoms with Crippen molar-refractivity contribution in [1.82, 2.24) is 4.98 Å². The van der Waals surface area contributed by atoms with Crippen LogP contribution in [0.4, 0.5) is 11.5 Å². The summed E-state index contributed by atoms with van der Waals surface area (Å²) in [6.45, 7) is 0.694. The lowest BCUT2D eigenvalue weighted by Gasteiger charge is -2.06. The Bertz CT molecular complexity index is 468. The largest absolute Gasteiger partial charge is 0.399 e. The molecule has 0 unspecified atom stereocenters. The number of benzene rings is 1. The minimum absolute atomic E-state index is 0.634. The summed E-state index contributed by atoms with van der Waals surface area (Å²) in [4.78, 5) is 4.14. The molecule has 0 fully saturated rings. The maximum absolute atomic E-state index is 5.74. The van der Waals surface area contributed by atoms with E-state index in [0.29, 0.717) is 11.6 Å². The summed E-state index contributed by atoms with van der Waals surface area (Å²) in [5.74, 6) is 0.798. The van der Waals surface area contributed by atoms with Gasteiger partial charge in [0.2, 0.25) is 0 Å². The molecule has 2 aromatic rings. The molecule has 3 N–H and O–H groups in total. The lowest BCUT2D eigenvalue weighted by molar-refractivity contribution is 1.11. The van der Waals surface area contributed by atoms with Crippen LogP contribution in [-0.2, 0) is 6.54 Å². The molecule has 0 atom stereocenters. The van der Waals surface area contributed by atoms with E-state index in [-0.39, 0.29) is 0 Å². The number of pyridine rings is 1. The zero-order chi connectivity index (χ0) is 11.4. The Morgan fingerprint density at radius 2 is 2.12 bits per heavy atom. The molecule has 0 spiro atoms. The number of halogens is 1. The second-order valence-corrected chi connectivity index (χ2v) is 3.90. The van der Waals surface area contributed by atoms with Crippen molar-refractivity contribution in [3.05, 3.63) is 53.2 Å². The van der Waals surface area contributed by atoms with E-state index in [0.717, 1.165) is 17.1 Å². The standard InChI is InChI=1S/C12H12ClN3/c13-10-4-5-12(16-8-10)15-7-9-2-1-3-11(14)6-9/h1-6,8H,7,14H2,(H,15,16). The van der Waals surface area contributed by atoms with Gasteiger partial charge in [-0.3, -0.25) is 0 Å². The third-order valence-electron chi connectivity index (χ3n) is 2.15. The van der Waals surface area contributed by atoms with Crippen molar-refractivity contribution < 1.29 is 0 Å². The van der Waals surface area contributed by atoms with Gasteiger partial charge in [0, 0.05) is 18.4 Å². The van der Waals surface area contributed by atoms with Crippen LogP contribution in [0.15, 0.2) is 42.6 Å². The summed E-state index contributed by atoms with van der Waals surface area (Å²) in [6, 6.07) is 11.4. The van der Waals surface area contributed by atoms with Gasteiger partial charge in [0.25, 0.3) is 0 Å². The van der Waals surface area contributed by atoms with Gasteiger partial charge in [0.1, 0.15) is 5.82 Å². The first-order valence-electron chi connectivity index (χ1n) is 4.94. The van der Waals surface area contributed by atoms with Crippen LogP contribution in [-0.4, -0.2) is 4.98 Å². The van der Waals surface area contributed by atoms with E-state index in [1.165, 1.54) is 0 Å². The molecule has 16 heavy (non-hydrogen) atoms. The molecule has 0 amide bonds. The van der Waals surface area contributed by atoms with Crippen molar-refractivity contribution in [1.29, 1.82) is 0 Å². The first kappa shape index (κ1) is 10.8. The third-order valence-corrected chi connectivity index (χ3v) is 2.38. The van der Waals surface area contributed by atoms with Gasteiger partial charge in [-0.15, -0.1) is 0 Å². The fraction of sp³-hybridized carbons (Fsp3) is 0.0833. The summed E-state index contributed by atoms with van der Waals surface area (Å²) in [5, 5.41) is 3.82. The lowest BCUT2D eigenvalue weighted by Crippen LogP contribution is -2.01. The number of nitrogens with zero attached hydrogens (tertiary/aromatic N) is 1. The molecule has 3 nitrogen and oxygen atoms in total. The molecule has 1 heterocycles. The molecule has 82 valence electrons. The van der Waals surface area contributed by atoms with Crippen molar-refractivity contribution in [2.24, 2.45) is 0 Å². The zero-order valence-electron chi connectivity index (χ0n) is 8.65. The first-order chi connectivity index (χ1) is 7.74. The quantitative estimate of drug-likeness (QED) is 0.802. The number of hydrogen-bond donors (Lipinski definition) is 2. The van der Waals surface area contributed by atoms with Gasteiger partial charge in [-0.2, -0.15) is 0 Å². The molecule has 1 aromatic heterocycles. The number of nitrogens with two attached hydrogens (primary N) is 1. The van der Waals surface area contributed by atoms with E-state index >= 15 is 0 Å². The van der Waals surface area contributed by atoms with Crippen molar-refractivity contribution in [2.45, 2.75) is 6.54 Å². The molecule has 2 rings (SSSR count). The first-order valence-corrected chi connectivity index (χ1v) is 5.32. The van der Waals surface area contributed by atoms with Gasteiger partial charge in [-0.1, -0.05) is 23.7 Å². The van der Waals surface area contributed by atoms with Gasteiger partial charge in [0.15, 0.2) is 0 Å². The van der Waals surface area contributed by atoms with E-state index in [1.807, 2.05) is 30.3 Å². The number of nitrogens with one attached hydrogen (secondary N) is 1. The number of rotatable bonds is 3. The van der Waals surface area contributed by atoms with E-state index in [1.54, 1.807) is 12.3 Å². The Morgan fingerprint density at radius 1 is 1.25 bits per heavy atom. The SMILES string of the molecule is Nc1cccc(CNc2ccc(Cl)cn2)c1. The fourth-order valence-corrected chi connectivity index (χ4v) is 1.49. The van der Waals surface area contributed by atoms with Gasteiger partial charge in [-0.05, 0) is 29.8 Å². The molecule has 0 radical (unpaired) electrons. The molecule has 1 aromatic carbocycles. The van der Waals surface area contributed by atoms with E-state index in [4.69, 9.17) is 17.3 Å². The van der Waals surface area contributed by atoms with Crippen LogP contribution < -0.4 is 11.1 Å². The molecule has 0 aliphatic heterocycles. The predicted molar refractivity (Wildman–Crippen MR) is 67.4 cm³/mol. The molecule has 0 aliphatic carbocycles. The second kappa shape index (κ2) is 4.86. The van der Waals surface area contributed by atoms with Crippen LogP contribution in [0.1, 0.15) is 5.56 Å². The molecular weight excluding hydrogens is 222 g/mol. The predicted octanol–water partition coefficient (Wildman–Crippen LogP) is 2.93. The second-order valence-electron chi connectivity index (χ2n) is 3.46. The Labute approximate surface area is 99.3 Å². The van der Waals surface area contributed by atoms with Gasteiger partial charge >= 0.3 is 0 Å². The van der Waals surface area contributed by atoms with Crippen LogP contribution in [0.5, 0.6) is 0 Å². The number of aromatic nitrogens is 1. The summed E-state index contributed by atoms with van der Waals surface area (Å²) in [5.41, 5.74) is 7.58. The van der Waals surface area contributed by atoms with Crippen molar-refractivity contribution in [3.63, 3.8) is 0 Å². The summed E-state index contributed by atoms with van der Waals surface area (Å²) in [6.07, 6.45) is 1.61. The van der Waals surface area contributed by atoms with E-state index in [9.17, 15) is 0 Å². The monoisotopic (exact) mass is 233 g/mol. The summed E-state index contributed by atoms with van der Waals surface area (Å²) in [7, 11) is 0. The highest BCUT2D eigenvalue weighted by Gasteiger charge is 1.95. The van der Waals surface area contributed by atoms with Crippen LogP contribution in [0.2, 0.25) is 5.02 Å². The number of hydrogen-bond acceptors (Lipinski definition) is 3. The average molecular weight is 234 g/mol.